The molecule has 0 saturated carbocycles. The number of hydrogen-bond acceptors (Lipinski definition) is 1. The van der Waals surface area contributed by atoms with Crippen molar-refractivity contribution in [2.75, 3.05) is 6.61 Å². The smallest absolute Gasteiger partial charge is 0.422 e. The lowest BCUT2D eigenvalue weighted by atomic mass is 10.1. The molecule has 2 aromatic rings. The molecule has 0 aromatic heterocycles. The summed E-state index contributed by atoms with van der Waals surface area (Å²) in [5.74, 6) is 0.200. The average molecular weight is 331 g/mol. The maximum atomic E-state index is 12.1. The molecule has 0 amide bonds. The van der Waals surface area contributed by atoms with Crippen molar-refractivity contribution in [2.24, 2.45) is 0 Å². The van der Waals surface area contributed by atoms with E-state index in [2.05, 4.69) is 15.9 Å². The molecule has 0 unspecified atom stereocenters. The van der Waals surface area contributed by atoms with Crippen molar-refractivity contribution in [1.82, 2.24) is 0 Å². The Labute approximate surface area is 117 Å². The predicted molar refractivity (Wildman–Crippen MR) is 71.1 cm³/mol. The largest absolute Gasteiger partial charge is 0.484 e. The van der Waals surface area contributed by atoms with E-state index in [1.807, 2.05) is 30.3 Å². The number of alkyl halides is 3. The van der Waals surface area contributed by atoms with Crippen molar-refractivity contribution in [3.8, 4) is 16.9 Å². The topological polar surface area (TPSA) is 9.23 Å². The van der Waals surface area contributed by atoms with Gasteiger partial charge in [-0.05, 0) is 29.3 Å². The van der Waals surface area contributed by atoms with Crippen LogP contribution in [0.1, 0.15) is 0 Å². The highest BCUT2D eigenvalue weighted by Gasteiger charge is 2.28. The van der Waals surface area contributed by atoms with E-state index in [1.54, 1.807) is 12.1 Å². The summed E-state index contributed by atoms with van der Waals surface area (Å²) in [5.41, 5.74) is 1.70. The third kappa shape index (κ3) is 3.99. The molecule has 0 heterocycles. The third-order valence-corrected chi connectivity index (χ3v) is 3.11. The molecule has 0 aliphatic heterocycles. The molecule has 1 nitrogen and oxygen atoms in total. The van der Waals surface area contributed by atoms with Crippen LogP contribution in [0.5, 0.6) is 5.75 Å². The Morgan fingerprint density at radius 3 is 2.42 bits per heavy atom. The first kappa shape index (κ1) is 13.9. The van der Waals surface area contributed by atoms with E-state index in [9.17, 15) is 13.2 Å². The van der Waals surface area contributed by atoms with Crippen molar-refractivity contribution >= 4 is 15.9 Å². The summed E-state index contributed by atoms with van der Waals surface area (Å²) in [6.07, 6.45) is -4.33. The monoisotopic (exact) mass is 330 g/mol. The molecule has 0 spiro atoms. The van der Waals surface area contributed by atoms with Crippen molar-refractivity contribution in [3.63, 3.8) is 0 Å². The Morgan fingerprint density at radius 1 is 1.00 bits per heavy atom. The van der Waals surface area contributed by atoms with Gasteiger partial charge in [0.1, 0.15) is 5.75 Å². The molecule has 0 atom stereocenters. The average Bonchev–Trinajstić information content (AvgIpc) is 2.36. The van der Waals surface area contributed by atoms with Gasteiger partial charge in [0.2, 0.25) is 0 Å². The minimum Gasteiger partial charge on any atom is -0.484 e. The second-order valence-electron chi connectivity index (χ2n) is 3.91. The molecule has 0 aliphatic carbocycles. The van der Waals surface area contributed by atoms with E-state index in [-0.39, 0.29) is 5.75 Å². The Kier molecular flexibility index (Phi) is 4.14. The predicted octanol–water partition coefficient (Wildman–Crippen LogP) is 5.06. The van der Waals surface area contributed by atoms with E-state index in [1.165, 1.54) is 6.07 Å². The highest BCUT2D eigenvalue weighted by Crippen LogP contribution is 2.30. The zero-order valence-corrected chi connectivity index (χ0v) is 11.3. The van der Waals surface area contributed by atoms with Gasteiger partial charge >= 0.3 is 6.18 Å². The minimum absolute atomic E-state index is 0.200. The molecule has 0 N–H and O–H groups in total. The summed E-state index contributed by atoms with van der Waals surface area (Å²) in [6, 6.07) is 14.1. The maximum Gasteiger partial charge on any atom is 0.422 e. The van der Waals surface area contributed by atoms with Gasteiger partial charge in [-0.1, -0.05) is 46.3 Å². The van der Waals surface area contributed by atoms with Gasteiger partial charge in [0.15, 0.2) is 6.61 Å². The molecular formula is C14H10BrF3O. The highest BCUT2D eigenvalue weighted by molar-refractivity contribution is 9.10. The fourth-order valence-corrected chi connectivity index (χ4v) is 2.13. The quantitative estimate of drug-likeness (QED) is 0.764. The molecule has 0 bridgehead atoms. The van der Waals surface area contributed by atoms with Crippen LogP contribution >= 0.6 is 15.9 Å². The van der Waals surface area contributed by atoms with Crippen LogP contribution in [-0.4, -0.2) is 12.8 Å². The standard InChI is InChI=1S/C14H10BrF3O/c15-13-7-2-1-6-12(13)10-4-3-5-11(8-10)19-9-14(16,17)18/h1-8H,9H2. The van der Waals surface area contributed by atoms with Crippen LogP contribution in [-0.2, 0) is 0 Å². The molecule has 0 fully saturated rings. The summed E-state index contributed by atoms with van der Waals surface area (Å²) >= 11 is 3.41. The van der Waals surface area contributed by atoms with Crippen molar-refractivity contribution in [1.29, 1.82) is 0 Å². The van der Waals surface area contributed by atoms with Gasteiger partial charge in [-0.3, -0.25) is 0 Å². The van der Waals surface area contributed by atoms with Crippen LogP contribution in [0.4, 0.5) is 13.2 Å². The van der Waals surface area contributed by atoms with Gasteiger partial charge in [0.05, 0.1) is 0 Å². The van der Waals surface area contributed by atoms with Gasteiger partial charge in [-0.2, -0.15) is 13.2 Å². The molecule has 19 heavy (non-hydrogen) atoms. The lowest BCUT2D eigenvalue weighted by molar-refractivity contribution is -0.153. The lowest BCUT2D eigenvalue weighted by Gasteiger charge is -2.11. The SMILES string of the molecule is FC(F)(F)COc1cccc(-c2ccccc2Br)c1. The zero-order valence-electron chi connectivity index (χ0n) is 9.75. The highest BCUT2D eigenvalue weighted by atomic mass is 79.9. The van der Waals surface area contributed by atoms with Crippen LogP contribution in [0.15, 0.2) is 53.0 Å². The number of ether oxygens (including phenoxy) is 1. The molecule has 2 rings (SSSR count). The number of hydrogen-bond donors (Lipinski definition) is 0. The summed E-state index contributed by atoms with van der Waals surface area (Å²) < 4.78 is 41.9. The van der Waals surface area contributed by atoms with Crippen LogP contribution in [0, 0.1) is 0 Å². The Bertz CT molecular complexity index is 567. The molecule has 100 valence electrons. The summed E-state index contributed by atoms with van der Waals surface area (Å²) in [5, 5.41) is 0. The van der Waals surface area contributed by atoms with Gasteiger partial charge in [0, 0.05) is 4.47 Å². The number of rotatable bonds is 3. The fraction of sp³-hybridized carbons (Fsp3) is 0.143. The van der Waals surface area contributed by atoms with Gasteiger partial charge in [-0.25, -0.2) is 0 Å². The van der Waals surface area contributed by atoms with E-state index >= 15 is 0 Å². The second kappa shape index (κ2) is 5.65. The summed E-state index contributed by atoms with van der Waals surface area (Å²) in [7, 11) is 0. The van der Waals surface area contributed by atoms with E-state index in [0.717, 1.165) is 15.6 Å². The van der Waals surface area contributed by atoms with Gasteiger partial charge < -0.3 is 4.74 Å². The Balaban J connectivity index is 2.23. The molecule has 2 aromatic carbocycles. The number of halogens is 4. The first-order chi connectivity index (χ1) is 8.96. The molecule has 5 heteroatoms. The van der Waals surface area contributed by atoms with E-state index in [4.69, 9.17) is 4.74 Å². The molecule has 0 aliphatic rings. The van der Waals surface area contributed by atoms with Gasteiger partial charge in [-0.15, -0.1) is 0 Å². The lowest BCUT2D eigenvalue weighted by Crippen LogP contribution is -2.19. The number of benzene rings is 2. The Hall–Kier alpha value is -1.49. The fourth-order valence-electron chi connectivity index (χ4n) is 1.61. The summed E-state index contributed by atoms with van der Waals surface area (Å²) in [6.45, 7) is -1.29. The zero-order chi connectivity index (χ0) is 13.9. The van der Waals surface area contributed by atoms with Crippen LogP contribution < -0.4 is 4.74 Å². The van der Waals surface area contributed by atoms with Crippen molar-refractivity contribution in [3.05, 3.63) is 53.0 Å². The van der Waals surface area contributed by atoms with Gasteiger partial charge in [0.25, 0.3) is 0 Å². The first-order valence-electron chi connectivity index (χ1n) is 5.50. The molecule has 0 radical (unpaired) electrons. The third-order valence-electron chi connectivity index (χ3n) is 2.42. The Morgan fingerprint density at radius 2 is 1.74 bits per heavy atom. The van der Waals surface area contributed by atoms with Crippen molar-refractivity contribution < 1.29 is 17.9 Å². The normalized spacial score (nSPS) is 11.4. The molecular weight excluding hydrogens is 321 g/mol. The van der Waals surface area contributed by atoms with Crippen LogP contribution in [0.2, 0.25) is 0 Å². The van der Waals surface area contributed by atoms with Crippen LogP contribution in [0.25, 0.3) is 11.1 Å². The molecule has 0 saturated heterocycles. The minimum atomic E-state index is -4.33. The second-order valence-corrected chi connectivity index (χ2v) is 4.77. The van der Waals surface area contributed by atoms with E-state index < -0.39 is 12.8 Å². The van der Waals surface area contributed by atoms with E-state index in [0.29, 0.717) is 0 Å². The van der Waals surface area contributed by atoms with Crippen molar-refractivity contribution in [2.45, 2.75) is 6.18 Å². The first-order valence-corrected chi connectivity index (χ1v) is 6.29. The summed E-state index contributed by atoms with van der Waals surface area (Å²) in [4.78, 5) is 0. The van der Waals surface area contributed by atoms with Crippen LogP contribution in [0.3, 0.4) is 0 Å². The maximum absolute atomic E-state index is 12.1.